The molecule has 0 aliphatic carbocycles. The predicted molar refractivity (Wildman–Crippen MR) is 106 cm³/mol. The molecule has 134 valence electrons. The van der Waals surface area contributed by atoms with Crippen LogP contribution in [0.1, 0.15) is 16.1 Å². The van der Waals surface area contributed by atoms with E-state index in [-0.39, 0.29) is 17.4 Å². The third-order valence-corrected chi connectivity index (χ3v) is 4.44. The highest BCUT2D eigenvalue weighted by Gasteiger charge is 2.14. The molecule has 4 nitrogen and oxygen atoms in total. The Balaban J connectivity index is 1.88. The van der Waals surface area contributed by atoms with Crippen LogP contribution < -0.4 is 5.32 Å². The summed E-state index contributed by atoms with van der Waals surface area (Å²) < 4.78 is 13.7. The second kappa shape index (κ2) is 7.29. The number of carbonyl (C=O) groups excluding carboxylic acids is 1. The third kappa shape index (κ3) is 3.19. The van der Waals surface area contributed by atoms with Gasteiger partial charge in [-0.3, -0.25) is 9.78 Å². The quantitative estimate of drug-likeness (QED) is 0.543. The molecule has 1 aromatic heterocycles. The average molecular weight is 367 g/mol. The predicted octanol–water partition coefficient (Wildman–Crippen LogP) is 5.16. The van der Waals surface area contributed by atoms with Gasteiger partial charge in [0, 0.05) is 11.6 Å². The molecule has 1 amide bonds. The number of anilines is 1. The number of halogens is 1. The lowest BCUT2D eigenvalue weighted by Crippen LogP contribution is -2.13. The van der Waals surface area contributed by atoms with Gasteiger partial charge in [-0.05, 0) is 52.9 Å². The van der Waals surface area contributed by atoms with E-state index in [2.05, 4.69) is 16.4 Å². The molecular weight excluding hydrogens is 353 g/mol. The van der Waals surface area contributed by atoms with Gasteiger partial charge in [0.15, 0.2) is 0 Å². The zero-order valence-electron chi connectivity index (χ0n) is 14.7. The normalized spacial score (nSPS) is 10.4. The van der Waals surface area contributed by atoms with E-state index in [1.165, 1.54) is 12.1 Å². The summed E-state index contributed by atoms with van der Waals surface area (Å²) in [5, 5.41) is 13.8. The molecule has 0 unspecified atom stereocenters. The van der Waals surface area contributed by atoms with Gasteiger partial charge in [-0.2, -0.15) is 5.26 Å². The van der Waals surface area contributed by atoms with Crippen molar-refractivity contribution in [3.63, 3.8) is 0 Å². The van der Waals surface area contributed by atoms with Crippen molar-refractivity contribution in [1.29, 1.82) is 5.26 Å². The Hall–Kier alpha value is -4.04. The van der Waals surface area contributed by atoms with Gasteiger partial charge in [0.1, 0.15) is 11.5 Å². The first-order chi connectivity index (χ1) is 13.7. The molecule has 4 rings (SSSR count). The van der Waals surface area contributed by atoms with Crippen molar-refractivity contribution >= 4 is 22.4 Å². The molecule has 0 spiro atoms. The highest BCUT2D eigenvalue weighted by Crippen LogP contribution is 2.35. The van der Waals surface area contributed by atoms with Crippen LogP contribution in [-0.4, -0.2) is 10.9 Å². The largest absolute Gasteiger partial charge is 0.320 e. The van der Waals surface area contributed by atoms with Crippen molar-refractivity contribution in [3.05, 3.63) is 96.1 Å². The van der Waals surface area contributed by atoms with Gasteiger partial charge in [-0.25, -0.2) is 4.39 Å². The minimum Gasteiger partial charge on any atom is -0.320 e. The first-order valence-corrected chi connectivity index (χ1v) is 8.61. The molecule has 0 atom stereocenters. The summed E-state index contributed by atoms with van der Waals surface area (Å²) in [5.41, 5.74) is 2.68. The smallest absolute Gasteiger partial charge is 0.274 e. The summed E-state index contributed by atoms with van der Waals surface area (Å²) in [7, 11) is 0. The lowest BCUT2D eigenvalue weighted by Gasteiger charge is -2.13. The van der Waals surface area contributed by atoms with E-state index in [0.29, 0.717) is 22.2 Å². The summed E-state index contributed by atoms with van der Waals surface area (Å²) in [5.74, 6) is -0.706. The van der Waals surface area contributed by atoms with Gasteiger partial charge < -0.3 is 5.32 Å². The highest BCUT2D eigenvalue weighted by atomic mass is 19.1. The van der Waals surface area contributed by atoms with Crippen LogP contribution in [0, 0.1) is 17.1 Å². The van der Waals surface area contributed by atoms with E-state index in [1.54, 1.807) is 54.7 Å². The first-order valence-electron chi connectivity index (χ1n) is 8.61. The summed E-state index contributed by atoms with van der Waals surface area (Å²) in [4.78, 5) is 16.6. The second-order valence-electron chi connectivity index (χ2n) is 6.18. The number of aromatic nitrogens is 1. The highest BCUT2D eigenvalue weighted by molar-refractivity contribution is 6.12. The Labute approximate surface area is 160 Å². The molecule has 0 fully saturated rings. The van der Waals surface area contributed by atoms with Crippen LogP contribution in [0.15, 0.2) is 79.0 Å². The molecule has 1 N–H and O–H groups in total. The monoisotopic (exact) mass is 367 g/mol. The van der Waals surface area contributed by atoms with Crippen LogP contribution >= 0.6 is 0 Å². The Morgan fingerprint density at radius 1 is 1.00 bits per heavy atom. The molecule has 3 aromatic carbocycles. The van der Waals surface area contributed by atoms with Crippen molar-refractivity contribution in [2.75, 3.05) is 5.32 Å². The van der Waals surface area contributed by atoms with E-state index in [1.807, 2.05) is 12.1 Å². The van der Waals surface area contributed by atoms with Crippen LogP contribution in [0.4, 0.5) is 10.1 Å². The maximum atomic E-state index is 13.7. The van der Waals surface area contributed by atoms with Crippen molar-refractivity contribution in [2.45, 2.75) is 0 Å². The van der Waals surface area contributed by atoms with Gasteiger partial charge >= 0.3 is 0 Å². The molecule has 28 heavy (non-hydrogen) atoms. The maximum Gasteiger partial charge on any atom is 0.274 e. The number of pyridine rings is 1. The molecule has 0 bridgehead atoms. The molecule has 5 heteroatoms. The van der Waals surface area contributed by atoms with E-state index >= 15 is 0 Å². The maximum absolute atomic E-state index is 13.7. The zero-order valence-corrected chi connectivity index (χ0v) is 14.7. The number of benzene rings is 3. The fourth-order valence-corrected chi connectivity index (χ4v) is 3.20. The Morgan fingerprint density at radius 3 is 2.61 bits per heavy atom. The lowest BCUT2D eigenvalue weighted by molar-refractivity contribution is 0.102. The molecule has 0 radical (unpaired) electrons. The lowest BCUT2D eigenvalue weighted by atomic mass is 9.94. The Morgan fingerprint density at radius 2 is 1.86 bits per heavy atom. The molecule has 1 heterocycles. The molecule has 0 aliphatic rings. The van der Waals surface area contributed by atoms with Crippen molar-refractivity contribution in [3.8, 4) is 17.2 Å². The summed E-state index contributed by atoms with van der Waals surface area (Å²) in [6.45, 7) is 0. The van der Waals surface area contributed by atoms with Crippen LogP contribution in [-0.2, 0) is 0 Å². The van der Waals surface area contributed by atoms with Crippen LogP contribution in [0.5, 0.6) is 0 Å². The van der Waals surface area contributed by atoms with Crippen LogP contribution in [0.2, 0.25) is 0 Å². The SMILES string of the molecule is N#Cc1ccc(-c2cccc(F)c2)c2cccc(NC(=O)c3ccccn3)c12. The second-order valence-corrected chi connectivity index (χ2v) is 6.18. The summed E-state index contributed by atoms with van der Waals surface area (Å²) in [6, 6.07) is 22.4. The van der Waals surface area contributed by atoms with Gasteiger partial charge in [0.2, 0.25) is 0 Å². The van der Waals surface area contributed by atoms with Crippen molar-refractivity contribution in [2.24, 2.45) is 0 Å². The molecule has 0 saturated carbocycles. The molecule has 0 aliphatic heterocycles. The Bertz CT molecular complexity index is 1230. The number of carbonyl (C=O) groups is 1. The van der Waals surface area contributed by atoms with Gasteiger partial charge in [0.25, 0.3) is 5.91 Å². The number of nitrogens with zero attached hydrogens (tertiary/aromatic N) is 2. The van der Waals surface area contributed by atoms with Gasteiger partial charge in [0.05, 0.1) is 17.3 Å². The van der Waals surface area contributed by atoms with E-state index in [4.69, 9.17) is 0 Å². The molecule has 4 aromatic rings. The number of hydrogen-bond acceptors (Lipinski definition) is 3. The van der Waals surface area contributed by atoms with Gasteiger partial charge in [-0.15, -0.1) is 0 Å². The number of nitrogens with one attached hydrogen (secondary N) is 1. The first kappa shape index (κ1) is 17.4. The summed E-state index contributed by atoms with van der Waals surface area (Å²) in [6.07, 6.45) is 1.54. The van der Waals surface area contributed by atoms with Gasteiger partial charge in [-0.1, -0.05) is 36.4 Å². The topological polar surface area (TPSA) is 65.8 Å². The number of amides is 1. The van der Waals surface area contributed by atoms with Crippen LogP contribution in [0.3, 0.4) is 0 Å². The van der Waals surface area contributed by atoms with Crippen molar-refractivity contribution < 1.29 is 9.18 Å². The van der Waals surface area contributed by atoms with Crippen LogP contribution in [0.25, 0.3) is 21.9 Å². The summed E-state index contributed by atoms with van der Waals surface area (Å²) >= 11 is 0. The van der Waals surface area contributed by atoms with E-state index in [9.17, 15) is 14.4 Å². The number of nitriles is 1. The number of fused-ring (bicyclic) bond motifs is 1. The molecular formula is C23H14FN3O. The third-order valence-electron chi connectivity index (χ3n) is 4.44. The minimum absolute atomic E-state index is 0.277. The fraction of sp³-hybridized carbons (Fsp3) is 0. The average Bonchev–Trinajstić information content (AvgIpc) is 2.73. The number of rotatable bonds is 3. The van der Waals surface area contributed by atoms with E-state index < -0.39 is 0 Å². The fourth-order valence-electron chi connectivity index (χ4n) is 3.20. The number of hydrogen-bond donors (Lipinski definition) is 1. The minimum atomic E-state index is -0.367. The van der Waals surface area contributed by atoms with Crippen molar-refractivity contribution in [1.82, 2.24) is 4.98 Å². The van der Waals surface area contributed by atoms with E-state index in [0.717, 1.165) is 10.9 Å². The zero-order chi connectivity index (χ0) is 19.5. The standard InChI is InChI=1S/C23H14FN3O/c24-17-6-3-5-15(13-17)18-11-10-16(14-25)22-19(18)7-4-9-20(22)27-23(28)21-8-1-2-12-26-21/h1-13H,(H,27,28). The Kier molecular flexibility index (Phi) is 4.53. The molecule has 0 saturated heterocycles.